The highest BCUT2D eigenvalue weighted by atomic mass is 35.5. The number of halogens is 1. The molecule has 1 aromatic heterocycles. The normalized spacial score (nSPS) is 17.3. The van der Waals surface area contributed by atoms with Crippen LogP contribution >= 0.6 is 11.6 Å². The van der Waals surface area contributed by atoms with E-state index in [1.165, 1.54) is 0 Å². The molecule has 3 N–H and O–H groups in total. The van der Waals surface area contributed by atoms with Crippen LogP contribution in [-0.2, 0) is 4.79 Å². The van der Waals surface area contributed by atoms with E-state index in [1.807, 2.05) is 6.92 Å². The molecule has 5 heteroatoms. The number of hydrogen-bond acceptors (Lipinski definition) is 3. The zero-order valence-corrected chi connectivity index (χ0v) is 9.14. The predicted octanol–water partition coefficient (Wildman–Crippen LogP) is 1.47. The van der Waals surface area contributed by atoms with E-state index in [9.17, 15) is 4.79 Å². The maximum atomic E-state index is 11.7. The highest BCUT2D eigenvalue weighted by molar-refractivity contribution is 6.32. The second-order valence-corrected chi connectivity index (χ2v) is 4.26. The van der Waals surface area contributed by atoms with Crippen molar-refractivity contribution in [2.75, 3.05) is 5.32 Å². The van der Waals surface area contributed by atoms with Crippen molar-refractivity contribution >= 4 is 23.2 Å². The fourth-order valence-electron chi connectivity index (χ4n) is 1.27. The Kier molecular flexibility index (Phi) is 2.40. The van der Waals surface area contributed by atoms with Gasteiger partial charge < -0.3 is 11.1 Å². The highest BCUT2D eigenvalue weighted by Crippen LogP contribution is 2.34. The van der Waals surface area contributed by atoms with E-state index in [-0.39, 0.29) is 5.91 Å². The lowest BCUT2D eigenvalue weighted by Crippen LogP contribution is -2.38. The smallest absolute Gasteiger partial charge is 0.244 e. The molecular weight excluding hydrogens is 214 g/mol. The lowest BCUT2D eigenvalue weighted by Gasteiger charge is -2.12. The number of nitrogens with two attached hydrogens (primary N) is 1. The van der Waals surface area contributed by atoms with Gasteiger partial charge in [-0.05, 0) is 31.4 Å². The van der Waals surface area contributed by atoms with Crippen molar-refractivity contribution in [3.8, 4) is 0 Å². The lowest BCUT2D eigenvalue weighted by molar-refractivity contribution is -0.118. The number of carbonyl (C=O) groups excluding carboxylic acids is 1. The number of anilines is 1. The van der Waals surface area contributed by atoms with Gasteiger partial charge in [-0.3, -0.25) is 4.79 Å². The van der Waals surface area contributed by atoms with E-state index in [0.717, 1.165) is 18.4 Å². The molecule has 0 saturated heterocycles. The summed E-state index contributed by atoms with van der Waals surface area (Å²) in [5.74, 6) is -0.180. The van der Waals surface area contributed by atoms with E-state index < -0.39 is 5.54 Å². The molecule has 1 heterocycles. The molecule has 1 amide bonds. The fraction of sp³-hybridized carbons (Fsp3) is 0.400. The third-order valence-corrected chi connectivity index (χ3v) is 2.88. The Balaban J connectivity index is 2.20. The third-order valence-electron chi connectivity index (χ3n) is 2.59. The van der Waals surface area contributed by atoms with E-state index >= 15 is 0 Å². The van der Waals surface area contributed by atoms with Crippen LogP contribution < -0.4 is 11.1 Å². The van der Waals surface area contributed by atoms with E-state index in [4.69, 9.17) is 17.3 Å². The van der Waals surface area contributed by atoms with Crippen molar-refractivity contribution in [3.63, 3.8) is 0 Å². The largest absolute Gasteiger partial charge is 0.322 e. The topological polar surface area (TPSA) is 68.0 Å². The minimum atomic E-state index is -0.689. The Morgan fingerprint density at radius 2 is 2.33 bits per heavy atom. The molecule has 0 spiro atoms. The van der Waals surface area contributed by atoms with Gasteiger partial charge in [-0.2, -0.15) is 0 Å². The number of amides is 1. The molecule has 80 valence electrons. The molecule has 0 bridgehead atoms. The molecule has 1 fully saturated rings. The van der Waals surface area contributed by atoms with Crippen LogP contribution in [0.4, 0.5) is 5.69 Å². The van der Waals surface area contributed by atoms with Crippen LogP contribution in [0.5, 0.6) is 0 Å². The zero-order valence-electron chi connectivity index (χ0n) is 8.38. The van der Waals surface area contributed by atoms with E-state index in [0.29, 0.717) is 10.8 Å². The number of nitrogens with one attached hydrogen (secondary N) is 1. The molecule has 1 aliphatic rings. The van der Waals surface area contributed by atoms with E-state index in [1.54, 1.807) is 12.3 Å². The quantitative estimate of drug-likeness (QED) is 0.749. The SMILES string of the molecule is Cc1ccnc(Cl)c1NC(=O)C1(N)CC1. The van der Waals surface area contributed by atoms with Crippen molar-refractivity contribution in [1.82, 2.24) is 4.98 Å². The highest BCUT2D eigenvalue weighted by Gasteiger charge is 2.46. The molecule has 2 rings (SSSR count). The second-order valence-electron chi connectivity index (χ2n) is 3.90. The van der Waals surface area contributed by atoms with Gasteiger partial charge >= 0.3 is 0 Å². The Labute approximate surface area is 92.8 Å². The molecule has 1 aliphatic carbocycles. The summed E-state index contributed by atoms with van der Waals surface area (Å²) >= 11 is 5.88. The monoisotopic (exact) mass is 225 g/mol. The first-order valence-corrected chi connectivity index (χ1v) is 5.12. The average molecular weight is 226 g/mol. The molecule has 0 aromatic carbocycles. The molecule has 0 unspecified atom stereocenters. The van der Waals surface area contributed by atoms with Crippen LogP contribution in [0.1, 0.15) is 18.4 Å². The summed E-state index contributed by atoms with van der Waals surface area (Å²) in [6.07, 6.45) is 3.06. The Hall–Kier alpha value is -1.13. The maximum Gasteiger partial charge on any atom is 0.244 e. The third kappa shape index (κ3) is 1.96. The van der Waals surface area contributed by atoms with Gasteiger partial charge in [0.15, 0.2) is 5.15 Å². The summed E-state index contributed by atoms with van der Waals surface area (Å²) in [6.45, 7) is 1.86. The zero-order chi connectivity index (χ0) is 11.1. The Bertz CT molecular complexity index is 395. The maximum absolute atomic E-state index is 11.7. The average Bonchev–Trinajstić information content (AvgIpc) is 2.91. The van der Waals surface area contributed by atoms with Gasteiger partial charge in [-0.15, -0.1) is 0 Å². The summed E-state index contributed by atoms with van der Waals surface area (Å²) in [4.78, 5) is 15.6. The Morgan fingerprint density at radius 1 is 1.67 bits per heavy atom. The number of aryl methyl sites for hydroxylation is 1. The van der Waals surface area contributed by atoms with Gasteiger partial charge in [0.2, 0.25) is 5.91 Å². The molecule has 15 heavy (non-hydrogen) atoms. The van der Waals surface area contributed by atoms with Gasteiger partial charge in [-0.1, -0.05) is 11.6 Å². The standard InChI is InChI=1S/C10H12ClN3O/c1-6-2-5-13-8(11)7(6)14-9(15)10(12)3-4-10/h2,5H,3-4,12H2,1H3,(H,14,15). The number of pyridine rings is 1. The first-order chi connectivity index (χ1) is 7.03. The van der Waals surface area contributed by atoms with E-state index in [2.05, 4.69) is 10.3 Å². The second kappa shape index (κ2) is 3.47. The van der Waals surface area contributed by atoms with Crippen molar-refractivity contribution < 1.29 is 4.79 Å². The summed E-state index contributed by atoms with van der Waals surface area (Å²) in [6, 6.07) is 1.79. The first kappa shape index (κ1) is 10.4. The van der Waals surface area contributed by atoms with Crippen LogP contribution in [0.15, 0.2) is 12.3 Å². The molecule has 1 aromatic rings. The van der Waals surface area contributed by atoms with Gasteiger partial charge in [0.25, 0.3) is 0 Å². The van der Waals surface area contributed by atoms with Crippen LogP contribution in [0.2, 0.25) is 5.15 Å². The number of hydrogen-bond donors (Lipinski definition) is 2. The van der Waals surface area contributed by atoms with Crippen LogP contribution in [0, 0.1) is 6.92 Å². The van der Waals surface area contributed by atoms with Gasteiger partial charge in [0.1, 0.15) is 0 Å². The number of carbonyl (C=O) groups is 1. The predicted molar refractivity (Wildman–Crippen MR) is 58.8 cm³/mol. The van der Waals surface area contributed by atoms with Crippen molar-refractivity contribution in [2.45, 2.75) is 25.3 Å². The lowest BCUT2D eigenvalue weighted by atomic mass is 10.2. The molecule has 0 aliphatic heterocycles. The molecule has 4 nitrogen and oxygen atoms in total. The van der Waals surface area contributed by atoms with Crippen molar-refractivity contribution in [2.24, 2.45) is 5.73 Å². The van der Waals surface area contributed by atoms with Gasteiger partial charge in [0.05, 0.1) is 11.2 Å². The minimum Gasteiger partial charge on any atom is -0.322 e. The molecular formula is C10H12ClN3O. The molecule has 0 atom stereocenters. The first-order valence-electron chi connectivity index (χ1n) is 4.74. The summed E-state index contributed by atoms with van der Waals surface area (Å²) in [7, 11) is 0. The summed E-state index contributed by atoms with van der Waals surface area (Å²) < 4.78 is 0. The molecule has 0 radical (unpaired) electrons. The summed E-state index contributed by atoms with van der Waals surface area (Å²) in [5, 5.41) is 3.02. The van der Waals surface area contributed by atoms with Crippen LogP contribution in [0.3, 0.4) is 0 Å². The van der Waals surface area contributed by atoms with Gasteiger partial charge in [0, 0.05) is 6.20 Å². The van der Waals surface area contributed by atoms with Crippen LogP contribution in [-0.4, -0.2) is 16.4 Å². The number of nitrogens with zero attached hydrogens (tertiary/aromatic N) is 1. The van der Waals surface area contributed by atoms with Crippen molar-refractivity contribution in [1.29, 1.82) is 0 Å². The Morgan fingerprint density at radius 3 is 2.87 bits per heavy atom. The fourth-order valence-corrected chi connectivity index (χ4v) is 1.53. The summed E-state index contributed by atoms with van der Waals surface area (Å²) in [5.41, 5.74) is 6.51. The molecule has 1 saturated carbocycles. The van der Waals surface area contributed by atoms with Crippen molar-refractivity contribution in [3.05, 3.63) is 23.0 Å². The van der Waals surface area contributed by atoms with Gasteiger partial charge in [-0.25, -0.2) is 4.98 Å². The van der Waals surface area contributed by atoms with Crippen LogP contribution in [0.25, 0.3) is 0 Å². The minimum absolute atomic E-state index is 0.180. The number of rotatable bonds is 2. The number of aromatic nitrogens is 1.